The van der Waals surface area contributed by atoms with Gasteiger partial charge in [0.1, 0.15) is 12.6 Å². The lowest BCUT2D eigenvalue weighted by Gasteiger charge is -2.14. The van der Waals surface area contributed by atoms with Crippen LogP contribution in [0.3, 0.4) is 0 Å². The van der Waals surface area contributed by atoms with Crippen LogP contribution in [-0.4, -0.2) is 18.2 Å². The molecule has 0 saturated heterocycles. The number of aliphatic imine (C=N–C) groups is 1. The third-order valence-electron chi connectivity index (χ3n) is 3.46. The highest BCUT2D eigenvalue weighted by atomic mass is 35.5. The Morgan fingerprint density at radius 1 is 1.12 bits per heavy atom. The number of rotatable bonds is 7. The van der Waals surface area contributed by atoms with Crippen molar-refractivity contribution >= 4 is 23.8 Å². The van der Waals surface area contributed by atoms with Crippen LogP contribution in [0.5, 0.6) is 0 Å². The van der Waals surface area contributed by atoms with E-state index in [9.17, 15) is 4.79 Å². The quantitative estimate of drug-likeness (QED) is 0.529. The zero-order chi connectivity index (χ0) is 17.4. The first kappa shape index (κ1) is 18.2. The minimum Gasteiger partial charge on any atom is -0.459 e. The minimum atomic E-state index is -0.496. The van der Waals surface area contributed by atoms with Crippen LogP contribution in [-0.2, 0) is 16.1 Å². The first-order valence-electron chi connectivity index (χ1n) is 8.04. The average molecular weight is 344 g/mol. The molecule has 0 aliphatic rings. The molecule has 1 unspecified atom stereocenters. The molecule has 0 aliphatic heterocycles. The molecule has 0 bridgehead atoms. The molecular formula is C20H22ClNO2. The lowest BCUT2D eigenvalue weighted by Crippen LogP contribution is -2.23. The second-order valence-corrected chi connectivity index (χ2v) is 6.50. The maximum absolute atomic E-state index is 12.4. The summed E-state index contributed by atoms with van der Waals surface area (Å²) >= 11 is 5.87. The van der Waals surface area contributed by atoms with Crippen LogP contribution in [0.15, 0.2) is 59.6 Å². The molecule has 0 radical (unpaired) electrons. The Balaban J connectivity index is 2.00. The normalized spacial score (nSPS) is 12.5. The highest BCUT2D eigenvalue weighted by molar-refractivity contribution is 6.30. The maximum Gasteiger partial charge on any atom is 0.331 e. The van der Waals surface area contributed by atoms with Crippen molar-refractivity contribution in [2.24, 2.45) is 10.9 Å². The summed E-state index contributed by atoms with van der Waals surface area (Å²) in [5.41, 5.74) is 1.87. The molecule has 0 spiro atoms. The predicted molar refractivity (Wildman–Crippen MR) is 98.5 cm³/mol. The molecule has 0 fully saturated rings. The van der Waals surface area contributed by atoms with Crippen LogP contribution >= 0.6 is 11.6 Å². The van der Waals surface area contributed by atoms with Gasteiger partial charge in [0.25, 0.3) is 0 Å². The van der Waals surface area contributed by atoms with Gasteiger partial charge in [0.05, 0.1) is 0 Å². The van der Waals surface area contributed by atoms with Crippen molar-refractivity contribution < 1.29 is 9.53 Å². The predicted octanol–water partition coefficient (Wildman–Crippen LogP) is 4.92. The summed E-state index contributed by atoms with van der Waals surface area (Å²) in [4.78, 5) is 16.8. The van der Waals surface area contributed by atoms with E-state index in [-0.39, 0.29) is 12.6 Å². The second kappa shape index (κ2) is 9.24. The van der Waals surface area contributed by atoms with Crippen molar-refractivity contribution in [1.82, 2.24) is 0 Å². The van der Waals surface area contributed by atoms with E-state index in [2.05, 4.69) is 18.8 Å². The zero-order valence-electron chi connectivity index (χ0n) is 14.0. The number of benzene rings is 2. The summed E-state index contributed by atoms with van der Waals surface area (Å²) < 4.78 is 5.42. The molecule has 1 atom stereocenters. The van der Waals surface area contributed by atoms with E-state index in [4.69, 9.17) is 16.3 Å². The fourth-order valence-electron chi connectivity index (χ4n) is 2.21. The Bertz CT molecular complexity index is 666. The standard InChI is InChI=1S/C20H22ClNO2/c1-15(2)12-19(22-13-16-8-10-18(21)11-9-16)20(23)24-14-17-6-4-3-5-7-17/h3-11,13,15,19H,12,14H2,1-2H3. The lowest BCUT2D eigenvalue weighted by molar-refractivity contribution is -0.146. The van der Waals surface area contributed by atoms with Gasteiger partial charge in [0.2, 0.25) is 0 Å². The van der Waals surface area contributed by atoms with Gasteiger partial charge in [-0.3, -0.25) is 4.99 Å². The minimum absolute atomic E-state index is 0.269. The number of carbonyl (C=O) groups is 1. The Kier molecular flexibility index (Phi) is 7.01. The number of esters is 1. The van der Waals surface area contributed by atoms with E-state index in [1.54, 1.807) is 18.3 Å². The van der Waals surface area contributed by atoms with Crippen molar-refractivity contribution in [2.75, 3.05) is 0 Å². The smallest absolute Gasteiger partial charge is 0.331 e. The average Bonchev–Trinajstić information content (AvgIpc) is 2.58. The molecule has 2 aromatic rings. The van der Waals surface area contributed by atoms with Gasteiger partial charge in [-0.1, -0.05) is 67.9 Å². The summed E-state index contributed by atoms with van der Waals surface area (Å²) in [5.74, 6) is 0.0550. The summed E-state index contributed by atoms with van der Waals surface area (Å²) in [6, 6.07) is 16.5. The summed E-state index contributed by atoms with van der Waals surface area (Å²) in [5, 5.41) is 0.674. The van der Waals surface area contributed by atoms with Crippen LogP contribution in [0, 0.1) is 5.92 Å². The van der Waals surface area contributed by atoms with Crippen molar-refractivity contribution in [3.8, 4) is 0 Å². The van der Waals surface area contributed by atoms with Gasteiger partial charge in [0, 0.05) is 11.2 Å². The van der Waals surface area contributed by atoms with E-state index in [0.717, 1.165) is 11.1 Å². The largest absolute Gasteiger partial charge is 0.459 e. The Morgan fingerprint density at radius 2 is 1.79 bits per heavy atom. The molecule has 3 nitrogen and oxygen atoms in total. The van der Waals surface area contributed by atoms with Gasteiger partial charge in [-0.05, 0) is 35.6 Å². The Labute approximate surface area is 148 Å². The lowest BCUT2D eigenvalue weighted by atomic mass is 10.0. The molecule has 0 N–H and O–H groups in total. The fourth-order valence-corrected chi connectivity index (χ4v) is 2.34. The number of ether oxygens (including phenoxy) is 1. The summed E-state index contributed by atoms with van der Waals surface area (Å²) in [6.45, 7) is 4.40. The van der Waals surface area contributed by atoms with E-state index < -0.39 is 6.04 Å². The third-order valence-corrected chi connectivity index (χ3v) is 3.72. The Morgan fingerprint density at radius 3 is 2.42 bits per heavy atom. The number of nitrogens with zero attached hydrogens (tertiary/aromatic N) is 1. The van der Waals surface area contributed by atoms with Crippen molar-refractivity contribution in [3.05, 3.63) is 70.7 Å². The van der Waals surface area contributed by atoms with E-state index in [0.29, 0.717) is 17.4 Å². The van der Waals surface area contributed by atoms with Gasteiger partial charge in [0.15, 0.2) is 0 Å². The maximum atomic E-state index is 12.4. The van der Waals surface area contributed by atoms with E-state index in [1.165, 1.54) is 0 Å². The molecule has 0 heterocycles. The highest BCUT2D eigenvalue weighted by Gasteiger charge is 2.20. The second-order valence-electron chi connectivity index (χ2n) is 6.07. The van der Waals surface area contributed by atoms with Crippen LogP contribution in [0.1, 0.15) is 31.4 Å². The van der Waals surface area contributed by atoms with Crippen LogP contribution in [0.2, 0.25) is 5.02 Å². The van der Waals surface area contributed by atoms with Gasteiger partial charge in [-0.2, -0.15) is 0 Å². The van der Waals surface area contributed by atoms with Crippen LogP contribution in [0.4, 0.5) is 0 Å². The first-order valence-corrected chi connectivity index (χ1v) is 8.41. The highest BCUT2D eigenvalue weighted by Crippen LogP contribution is 2.13. The van der Waals surface area contributed by atoms with Crippen LogP contribution in [0.25, 0.3) is 0 Å². The monoisotopic (exact) mass is 343 g/mol. The van der Waals surface area contributed by atoms with Gasteiger partial charge in [-0.15, -0.1) is 0 Å². The van der Waals surface area contributed by atoms with E-state index >= 15 is 0 Å². The van der Waals surface area contributed by atoms with Gasteiger partial charge >= 0.3 is 5.97 Å². The van der Waals surface area contributed by atoms with Crippen molar-refractivity contribution in [2.45, 2.75) is 32.9 Å². The van der Waals surface area contributed by atoms with Gasteiger partial charge < -0.3 is 4.74 Å². The molecule has 0 amide bonds. The third kappa shape index (κ3) is 6.17. The fraction of sp³-hybridized carbons (Fsp3) is 0.300. The Hall–Kier alpha value is -2.13. The molecule has 2 aromatic carbocycles. The number of hydrogen-bond acceptors (Lipinski definition) is 3. The summed E-state index contributed by atoms with van der Waals surface area (Å²) in [7, 11) is 0. The molecule has 4 heteroatoms. The molecule has 2 rings (SSSR count). The number of carbonyl (C=O) groups excluding carboxylic acids is 1. The topological polar surface area (TPSA) is 38.7 Å². The molecule has 0 saturated carbocycles. The van der Waals surface area contributed by atoms with Gasteiger partial charge in [-0.25, -0.2) is 4.79 Å². The first-order chi connectivity index (χ1) is 11.5. The molecule has 0 aliphatic carbocycles. The molecule has 0 aromatic heterocycles. The zero-order valence-corrected chi connectivity index (χ0v) is 14.7. The molecular weight excluding hydrogens is 322 g/mol. The van der Waals surface area contributed by atoms with Crippen LogP contribution < -0.4 is 0 Å². The number of hydrogen-bond donors (Lipinski definition) is 0. The van der Waals surface area contributed by atoms with E-state index in [1.807, 2.05) is 42.5 Å². The SMILES string of the molecule is CC(C)CC(N=Cc1ccc(Cl)cc1)C(=O)OCc1ccccc1. The molecule has 126 valence electrons. The summed E-state index contributed by atoms with van der Waals surface area (Å²) in [6.07, 6.45) is 2.35. The van der Waals surface area contributed by atoms with Crippen molar-refractivity contribution in [1.29, 1.82) is 0 Å². The number of halogens is 1. The molecule has 24 heavy (non-hydrogen) atoms. The van der Waals surface area contributed by atoms with Crippen molar-refractivity contribution in [3.63, 3.8) is 0 Å².